The van der Waals surface area contributed by atoms with E-state index in [9.17, 15) is 10.0 Å². The molecule has 0 spiro atoms. The third-order valence-corrected chi connectivity index (χ3v) is 4.88. The minimum Gasteiger partial charge on any atom is -0.289 e. The van der Waals surface area contributed by atoms with Crippen LogP contribution in [0.4, 0.5) is 0 Å². The SMILES string of the molecule is Cc1cccc2c(C#CC3CC3)n(C(Cc3ccccc3)C(=O)NO)nc12. The number of carbonyl (C=O) groups excluding carboxylic acids is 1. The van der Waals surface area contributed by atoms with E-state index in [-0.39, 0.29) is 0 Å². The molecule has 1 heterocycles. The molecular weight excluding hydrogens is 338 g/mol. The number of hydroxylamine groups is 1. The molecular formula is C22H21N3O2. The fourth-order valence-corrected chi connectivity index (χ4v) is 3.21. The first-order chi connectivity index (χ1) is 13.2. The summed E-state index contributed by atoms with van der Waals surface area (Å²) in [7, 11) is 0. The van der Waals surface area contributed by atoms with Crippen molar-refractivity contribution in [3.8, 4) is 11.8 Å². The molecule has 1 saturated carbocycles. The Morgan fingerprint density at radius 2 is 2.04 bits per heavy atom. The van der Waals surface area contributed by atoms with E-state index in [1.165, 1.54) is 0 Å². The summed E-state index contributed by atoms with van der Waals surface area (Å²) in [6.45, 7) is 2.00. The van der Waals surface area contributed by atoms with Gasteiger partial charge in [0.05, 0.1) is 5.52 Å². The number of nitrogens with one attached hydrogen (secondary N) is 1. The molecule has 2 aromatic carbocycles. The molecule has 0 bridgehead atoms. The highest BCUT2D eigenvalue weighted by atomic mass is 16.5. The van der Waals surface area contributed by atoms with Gasteiger partial charge in [-0.25, -0.2) is 10.2 Å². The van der Waals surface area contributed by atoms with E-state index in [1.807, 2.05) is 55.5 Å². The minimum absolute atomic E-state index is 0.415. The number of aryl methyl sites for hydroxylation is 1. The molecule has 0 saturated heterocycles. The summed E-state index contributed by atoms with van der Waals surface area (Å²) in [6, 6.07) is 15.0. The minimum atomic E-state index is -0.687. The maximum atomic E-state index is 12.5. The average molecular weight is 359 g/mol. The number of amides is 1. The first-order valence-electron chi connectivity index (χ1n) is 9.14. The van der Waals surface area contributed by atoms with Gasteiger partial charge in [-0.3, -0.25) is 10.0 Å². The molecule has 3 aromatic rings. The highest BCUT2D eigenvalue weighted by Gasteiger charge is 2.26. The topological polar surface area (TPSA) is 67.2 Å². The fourth-order valence-electron chi connectivity index (χ4n) is 3.21. The summed E-state index contributed by atoms with van der Waals surface area (Å²) in [5.41, 5.74) is 5.38. The lowest BCUT2D eigenvalue weighted by molar-refractivity contribution is -0.132. The smallest absolute Gasteiger partial charge is 0.268 e. The molecule has 5 nitrogen and oxygen atoms in total. The van der Waals surface area contributed by atoms with Crippen molar-refractivity contribution in [2.45, 2.75) is 32.2 Å². The quantitative estimate of drug-likeness (QED) is 0.426. The molecule has 4 rings (SSSR count). The van der Waals surface area contributed by atoms with Gasteiger partial charge >= 0.3 is 0 Å². The van der Waals surface area contributed by atoms with Crippen LogP contribution >= 0.6 is 0 Å². The van der Waals surface area contributed by atoms with Crippen molar-refractivity contribution in [1.82, 2.24) is 15.3 Å². The molecule has 1 amide bonds. The molecule has 1 aliphatic carbocycles. The Labute approximate surface area is 158 Å². The van der Waals surface area contributed by atoms with Crippen molar-refractivity contribution in [1.29, 1.82) is 0 Å². The Hall–Kier alpha value is -3.10. The first-order valence-corrected chi connectivity index (χ1v) is 9.14. The zero-order valence-electron chi connectivity index (χ0n) is 15.1. The van der Waals surface area contributed by atoms with E-state index in [0.29, 0.717) is 12.3 Å². The Morgan fingerprint density at radius 3 is 2.74 bits per heavy atom. The lowest BCUT2D eigenvalue weighted by atomic mass is 10.0. The van der Waals surface area contributed by atoms with Gasteiger partial charge in [0.1, 0.15) is 11.7 Å². The standard InChI is InChI=1S/C22H21N3O2/c1-15-6-5-9-18-19(13-12-16-10-11-16)25(23-21(15)18)20(22(26)24-27)14-17-7-3-2-4-8-17/h2-9,16,20,27H,10-11,14H2,1H3,(H,24,26). The van der Waals surface area contributed by atoms with Gasteiger partial charge in [-0.1, -0.05) is 48.4 Å². The van der Waals surface area contributed by atoms with Crippen LogP contribution in [0.1, 0.15) is 35.7 Å². The third-order valence-electron chi connectivity index (χ3n) is 4.88. The van der Waals surface area contributed by atoms with E-state index in [1.54, 1.807) is 10.2 Å². The summed E-state index contributed by atoms with van der Waals surface area (Å²) in [4.78, 5) is 12.5. The summed E-state index contributed by atoms with van der Waals surface area (Å²) in [5.74, 6) is 6.48. The molecule has 27 heavy (non-hydrogen) atoms. The van der Waals surface area contributed by atoms with Crippen LogP contribution in [-0.4, -0.2) is 20.9 Å². The monoisotopic (exact) mass is 359 g/mol. The molecule has 0 radical (unpaired) electrons. The van der Waals surface area contributed by atoms with Gasteiger partial charge in [-0.15, -0.1) is 0 Å². The van der Waals surface area contributed by atoms with Gasteiger partial charge in [0, 0.05) is 17.7 Å². The van der Waals surface area contributed by atoms with Crippen LogP contribution in [0.3, 0.4) is 0 Å². The van der Waals surface area contributed by atoms with E-state index < -0.39 is 11.9 Å². The lowest BCUT2D eigenvalue weighted by Crippen LogP contribution is -2.33. The molecule has 1 unspecified atom stereocenters. The molecule has 1 fully saturated rings. The van der Waals surface area contributed by atoms with Gasteiger partial charge in [0.25, 0.3) is 5.91 Å². The second-order valence-corrected chi connectivity index (χ2v) is 6.99. The number of rotatable bonds is 4. The number of nitrogens with zero attached hydrogens (tertiary/aromatic N) is 2. The van der Waals surface area contributed by atoms with Crippen LogP contribution in [0, 0.1) is 24.7 Å². The second-order valence-electron chi connectivity index (χ2n) is 6.99. The van der Waals surface area contributed by atoms with Crippen LogP contribution in [-0.2, 0) is 11.2 Å². The molecule has 0 aliphatic heterocycles. The van der Waals surface area contributed by atoms with E-state index >= 15 is 0 Å². The maximum absolute atomic E-state index is 12.5. The Balaban J connectivity index is 1.85. The Kier molecular flexibility index (Phi) is 4.66. The van der Waals surface area contributed by atoms with Crippen molar-refractivity contribution in [3.05, 3.63) is 65.4 Å². The molecule has 1 aromatic heterocycles. The number of benzene rings is 2. The number of hydrogen-bond donors (Lipinski definition) is 2. The number of hydrogen-bond acceptors (Lipinski definition) is 3. The molecule has 1 aliphatic rings. The first kappa shape index (κ1) is 17.3. The van der Waals surface area contributed by atoms with Crippen LogP contribution in [0.15, 0.2) is 48.5 Å². The summed E-state index contributed by atoms with van der Waals surface area (Å²) in [6.07, 6.45) is 2.67. The largest absolute Gasteiger partial charge is 0.289 e. The van der Waals surface area contributed by atoms with Crippen molar-refractivity contribution < 1.29 is 10.0 Å². The predicted molar refractivity (Wildman–Crippen MR) is 103 cm³/mol. The highest BCUT2D eigenvalue weighted by Crippen LogP contribution is 2.29. The van der Waals surface area contributed by atoms with E-state index in [4.69, 9.17) is 5.10 Å². The van der Waals surface area contributed by atoms with Gasteiger partial charge in [0.15, 0.2) is 0 Å². The molecule has 1 atom stereocenters. The summed E-state index contributed by atoms with van der Waals surface area (Å²) in [5, 5.41) is 15.0. The van der Waals surface area contributed by atoms with Gasteiger partial charge in [-0.2, -0.15) is 5.10 Å². The normalized spacial score (nSPS) is 14.4. The number of aromatic nitrogens is 2. The Morgan fingerprint density at radius 1 is 1.26 bits per heavy atom. The average Bonchev–Trinajstić information content (AvgIpc) is 3.45. The van der Waals surface area contributed by atoms with Crippen molar-refractivity contribution in [2.75, 3.05) is 0 Å². The molecule has 5 heteroatoms. The van der Waals surface area contributed by atoms with Crippen LogP contribution < -0.4 is 5.48 Å². The van der Waals surface area contributed by atoms with Crippen molar-refractivity contribution in [2.24, 2.45) is 5.92 Å². The van der Waals surface area contributed by atoms with Gasteiger partial charge in [-0.05, 0) is 42.9 Å². The number of fused-ring (bicyclic) bond motifs is 1. The zero-order chi connectivity index (χ0) is 18.8. The zero-order valence-corrected chi connectivity index (χ0v) is 15.1. The summed E-state index contributed by atoms with van der Waals surface area (Å²) < 4.78 is 1.67. The van der Waals surface area contributed by atoms with Crippen LogP contribution in [0.5, 0.6) is 0 Å². The van der Waals surface area contributed by atoms with E-state index in [2.05, 4.69) is 11.8 Å². The fraction of sp³-hybridized carbons (Fsp3) is 0.273. The van der Waals surface area contributed by atoms with E-state index in [0.717, 1.165) is 40.6 Å². The lowest BCUT2D eigenvalue weighted by Gasteiger charge is -2.17. The molecule has 2 N–H and O–H groups in total. The Bertz CT molecular complexity index is 1040. The highest BCUT2D eigenvalue weighted by molar-refractivity contribution is 5.88. The van der Waals surface area contributed by atoms with Crippen LogP contribution in [0.2, 0.25) is 0 Å². The van der Waals surface area contributed by atoms with Crippen LogP contribution in [0.25, 0.3) is 10.9 Å². The number of carbonyl (C=O) groups is 1. The molecule has 136 valence electrons. The second kappa shape index (κ2) is 7.26. The predicted octanol–water partition coefficient (Wildman–Crippen LogP) is 3.40. The van der Waals surface area contributed by atoms with Gasteiger partial charge in [0.2, 0.25) is 0 Å². The van der Waals surface area contributed by atoms with Crippen molar-refractivity contribution >= 4 is 16.8 Å². The van der Waals surface area contributed by atoms with Gasteiger partial charge < -0.3 is 0 Å². The van der Waals surface area contributed by atoms with Crippen molar-refractivity contribution in [3.63, 3.8) is 0 Å². The third kappa shape index (κ3) is 3.57. The maximum Gasteiger partial charge on any atom is 0.268 e. The summed E-state index contributed by atoms with van der Waals surface area (Å²) >= 11 is 0.